The predicted octanol–water partition coefficient (Wildman–Crippen LogP) is 4.30. The molecule has 1 amide bonds. The molecule has 7 nitrogen and oxygen atoms in total. The number of anilines is 1. The molecule has 0 fully saturated rings. The number of nitrogens with one attached hydrogen (secondary N) is 1. The van der Waals surface area contributed by atoms with Crippen LogP contribution in [0, 0.1) is 12.7 Å². The van der Waals surface area contributed by atoms with Crippen LogP contribution in [0.4, 0.5) is 10.1 Å². The van der Waals surface area contributed by atoms with Crippen molar-refractivity contribution in [1.82, 2.24) is 14.7 Å². The Labute approximate surface area is 181 Å². The Morgan fingerprint density at radius 2 is 1.94 bits per heavy atom. The third-order valence-corrected chi connectivity index (χ3v) is 5.04. The second-order valence-corrected chi connectivity index (χ2v) is 7.15. The van der Waals surface area contributed by atoms with Gasteiger partial charge < -0.3 is 14.4 Å². The zero-order chi connectivity index (χ0) is 22.0. The topological polar surface area (TPSA) is 90.0 Å². The highest BCUT2D eigenvalue weighted by Gasteiger charge is 2.16. The molecule has 4 rings (SSSR count). The van der Waals surface area contributed by atoms with Crippen LogP contribution in [0.5, 0.6) is 0 Å². The summed E-state index contributed by atoms with van der Waals surface area (Å²) < 4.78 is 19.6. The van der Waals surface area contributed by atoms with Gasteiger partial charge in [-0.25, -0.2) is 4.39 Å². The number of hydrogen-bond acceptors (Lipinski definition) is 5. The lowest BCUT2D eigenvalue weighted by Crippen LogP contribution is -2.28. The lowest BCUT2D eigenvalue weighted by Gasteiger charge is -2.11. The van der Waals surface area contributed by atoms with Gasteiger partial charge in [-0.15, -0.1) is 0 Å². The molecule has 0 bridgehead atoms. The maximum Gasteiger partial charge on any atom is 0.263 e. The van der Waals surface area contributed by atoms with E-state index in [2.05, 4.69) is 15.5 Å². The van der Waals surface area contributed by atoms with Gasteiger partial charge in [0.15, 0.2) is 0 Å². The first kappa shape index (κ1) is 20.5. The summed E-state index contributed by atoms with van der Waals surface area (Å²) >= 11 is 6.08. The molecular weight excluding hydrogens is 423 g/mol. The number of aromatic nitrogens is 3. The molecular formula is C22H16ClFN4O3. The van der Waals surface area contributed by atoms with E-state index in [1.54, 1.807) is 31.2 Å². The number of rotatable bonds is 5. The quantitative estimate of drug-likeness (QED) is 0.501. The minimum absolute atomic E-state index is 0.00442. The van der Waals surface area contributed by atoms with Crippen LogP contribution < -0.4 is 10.9 Å². The first-order valence-electron chi connectivity index (χ1n) is 9.27. The molecule has 4 aromatic rings. The zero-order valence-corrected chi connectivity index (χ0v) is 17.1. The summed E-state index contributed by atoms with van der Waals surface area (Å²) in [6.07, 6.45) is 1.49. The van der Waals surface area contributed by atoms with Crippen LogP contribution >= 0.6 is 11.6 Å². The molecule has 0 spiro atoms. The van der Waals surface area contributed by atoms with Crippen molar-refractivity contribution in [2.24, 2.45) is 0 Å². The molecule has 0 radical (unpaired) electrons. The first-order chi connectivity index (χ1) is 14.9. The van der Waals surface area contributed by atoms with Crippen LogP contribution in [0.15, 0.2) is 70.1 Å². The fourth-order valence-electron chi connectivity index (χ4n) is 2.96. The van der Waals surface area contributed by atoms with Gasteiger partial charge >= 0.3 is 0 Å². The van der Waals surface area contributed by atoms with E-state index in [4.69, 9.17) is 16.1 Å². The molecule has 156 valence electrons. The predicted molar refractivity (Wildman–Crippen MR) is 114 cm³/mol. The van der Waals surface area contributed by atoms with Crippen molar-refractivity contribution in [3.63, 3.8) is 0 Å². The highest BCUT2D eigenvalue weighted by molar-refractivity contribution is 6.31. The third kappa shape index (κ3) is 4.39. The minimum atomic E-state index is -0.463. The van der Waals surface area contributed by atoms with Crippen molar-refractivity contribution in [3.05, 3.63) is 87.6 Å². The van der Waals surface area contributed by atoms with Gasteiger partial charge in [-0.05, 0) is 61.0 Å². The largest absolute Gasteiger partial charge is 0.333 e. The molecule has 0 saturated heterocycles. The number of amides is 1. The summed E-state index contributed by atoms with van der Waals surface area (Å²) in [4.78, 5) is 29.5. The van der Waals surface area contributed by atoms with Crippen LogP contribution in [0.2, 0.25) is 5.02 Å². The molecule has 9 heteroatoms. The summed E-state index contributed by atoms with van der Waals surface area (Å²) in [7, 11) is 0. The van der Waals surface area contributed by atoms with E-state index >= 15 is 0 Å². The normalized spacial score (nSPS) is 10.8. The van der Waals surface area contributed by atoms with Crippen molar-refractivity contribution in [3.8, 4) is 22.8 Å². The van der Waals surface area contributed by atoms with Gasteiger partial charge in [0.05, 0.1) is 0 Å². The average molecular weight is 439 g/mol. The number of carbonyl (C=O) groups is 1. The smallest absolute Gasteiger partial charge is 0.263 e. The number of nitrogens with zero attached hydrogens (tertiary/aromatic N) is 3. The van der Waals surface area contributed by atoms with Crippen LogP contribution in [-0.2, 0) is 11.3 Å². The third-order valence-electron chi connectivity index (χ3n) is 4.63. The summed E-state index contributed by atoms with van der Waals surface area (Å²) in [5.41, 5.74) is 1.54. The van der Waals surface area contributed by atoms with Gasteiger partial charge in [-0.3, -0.25) is 9.59 Å². The number of benzene rings is 2. The molecule has 1 N–H and O–H groups in total. The monoisotopic (exact) mass is 438 g/mol. The van der Waals surface area contributed by atoms with Crippen LogP contribution in [0.25, 0.3) is 22.8 Å². The van der Waals surface area contributed by atoms with E-state index < -0.39 is 5.56 Å². The zero-order valence-electron chi connectivity index (χ0n) is 16.3. The Morgan fingerprint density at radius 3 is 2.71 bits per heavy atom. The molecule has 0 aliphatic rings. The lowest BCUT2D eigenvalue weighted by molar-refractivity contribution is -0.116. The van der Waals surface area contributed by atoms with Crippen LogP contribution in [0.3, 0.4) is 0 Å². The standard InChI is InChI=1S/C22H16ClFN4O3/c1-13-17(23)5-2-6-18(13)25-19(29)12-28-11-3-4-16(22(28)30)21-26-20(27-31-21)14-7-9-15(24)10-8-14/h2-11H,12H2,1H3,(H,25,29). The molecule has 2 heterocycles. The molecule has 2 aromatic carbocycles. The van der Waals surface area contributed by atoms with Crippen molar-refractivity contribution < 1.29 is 13.7 Å². The summed E-state index contributed by atoms with van der Waals surface area (Å²) in [5.74, 6) is -0.546. The van der Waals surface area contributed by atoms with E-state index in [-0.39, 0.29) is 35.5 Å². The fraction of sp³-hybridized carbons (Fsp3) is 0.0909. The van der Waals surface area contributed by atoms with Gasteiger partial charge in [-0.2, -0.15) is 4.98 Å². The number of pyridine rings is 1. The van der Waals surface area contributed by atoms with Crippen molar-refractivity contribution in [2.75, 3.05) is 5.32 Å². The fourth-order valence-corrected chi connectivity index (χ4v) is 3.14. The first-order valence-corrected chi connectivity index (χ1v) is 9.64. The Morgan fingerprint density at radius 1 is 1.16 bits per heavy atom. The van der Waals surface area contributed by atoms with E-state index in [1.165, 1.54) is 41.1 Å². The van der Waals surface area contributed by atoms with E-state index in [0.717, 1.165) is 5.56 Å². The van der Waals surface area contributed by atoms with Crippen molar-refractivity contribution >= 4 is 23.2 Å². The van der Waals surface area contributed by atoms with Crippen LogP contribution in [-0.4, -0.2) is 20.6 Å². The van der Waals surface area contributed by atoms with E-state index in [9.17, 15) is 14.0 Å². The Bertz CT molecular complexity index is 1320. The Kier molecular flexibility index (Phi) is 5.64. The summed E-state index contributed by atoms with van der Waals surface area (Å²) in [6.45, 7) is 1.58. The minimum Gasteiger partial charge on any atom is -0.333 e. The second-order valence-electron chi connectivity index (χ2n) is 6.75. The lowest BCUT2D eigenvalue weighted by atomic mass is 10.2. The highest BCUT2D eigenvalue weighted by atomic mass is 35.5. The maximum atomic E-state index is 13.1. The molecule has 0 unspecified atom stereocenters. The Hall–Kier alpha value is -3.78. The van der Waals surface area contributed by atoms with E-state index in [0.29, 0.717) is 16.3 Å². The van der Waals surface area contributed by atoms with Crippen molar-refractivity contribution in [2.45, 2.75) is 13.5 Å². The maximum absolute atomic E-state index is 13.1. The SMILES string of the molecule is Cc1c(Cl)cccc1NC(=O)Cn1cccc(-c2nc(-c3ccc(F)cc3)no2)c1=O. The van der Waals surface area contributed by atoms with Gasteiger partial charge in [0.25, 0.3) is 11.4 Å². The molecule has 0 saturated carbocycles. The average Bonchev–Trinajstić information content (AvgIpc) is 3.23. The van der Waals surface area contributed by atoms with Crippen molar-refractivity contribution in [1.29, 1.82) is 0 Å². The highest BCUT2D eigenvalue weighted by Crippen LogP contribution is 2.23. The molecule has 0 atom stereocenters. The molecule has 0 aliphatic heterocycles. The second kappa shape index (κ2) is 8.53. The number of carbonyl (C=O) groups excluding carboxylic acids is 1. The number of hydrogen-bond donors (Lipinski definition) is 1. The molecule has 31 heavy (non-hydrogen) atoms. The van der Waals surface area contributed by atoms with Gasteiger partial charge in [-0.1, -0.05) is 22.8 Å². The number of halogens is 2. The summed E-state index contributed by atoms with van der Waals surface area (Å²) in [6, 6.07) is 13.9. The summed E-state index contributed by atoms with van der Waals surface area (Å²) in [5, 5.41) is 7.13. The van der Waals surface area contributed by atoms with Crippen LogP contribution in [0.1, 0.15) is 5.56 Å². The molecule has 2 aromatic heterocycles. The molecule has 0 aliphatic carbocycles. The van der Waals surface area contributed by atoms with Gasteiger partial charge in [0.1, 0.15) is 17.9 Å². The van der Waals surface area contributed by atoms with Gasteiger partial charge in [0.2, 0.25) is 11.7 Å². The Balaban J connectivity index is 1.56. The van der Waals surface area contributed by atoms with E-state index in [1.807, 2.05) is 0 Å². The van der Waals surface area contributed by atoms with Gasteiger partial charge in [0, 0.05) is 22.5 Å².